The fraction of sp³-hybridized carbons (Fsp3) is 0.429. The molecule has 5 heteroatoms. The van der Waals surface area contributed by atoms with Gasteiger partial charge in [0.25, 0.3) is 0 Å². The van der Waals surface area contributed by atoms with Crippen LogP contribution in [0.15, 0.2) is 47.4 Å². The Balaban J connectivity index is 1.92. The normalized spacial score (nSPS) is 15.5. The first-order valence-corrected chi connectivity index (χ1v) is 10.6. The van der Waals surface area contributed by atoms with Gasteiger partial charge in [-0.1, -0.05) is 30.3 Å². The molecule has 0 heterocycles. The van der Waals surface area contributed by atoms with E-state index in [1.807, 2.05) is 37.3 Å². The van der Waals surface area contributed by atoms with Crippen LogP contribution in [0.4, 0.5) is 0 Å². The van der Waals surface area contributed by atoms with Gasteiger partial charge in [-0.25, -0.2) is 8.42 Å². The summed E-state index contributed by atoms with van der Waals surface area (Å²) >= 11 is 0. The molecule has 0 spiro atoms. The third-order valence-electron chi connectivity index (χ3n) is 5.32. The minimum atomic E-state index is -3.55. The number of fused-ring (bicyclic) bond motifs is 1. The topological polar surface area (TPSA) is 46.6 Å². The molecular weight excluding hydrogens is 346 g/mol. The molecule has 4 nitrogen and oxygen atoms in total. The molecule has 0 saturated carbocycles. The van der Waals surface area contributed by atoms with E-state index in [1.165, 1.54) is 4.31 Å². The number of benzene rings is 2. The lowest BCUT2D eigenvalue weighted by Gasteiger charge is -2.28. The highest BCUT2D eigenvalue weighted by Gasteiger charge is 2.30. The summed E-state index contributed by atoms with van der Waals surface area (Å²) in [6, 6.07) is 13.4. The van der Waals surface area contributed by atoms with Crippen LogP contribution >= 0.6 is 0 Å². The Bertz CT molecular complexity index is 862. The van der Waals surface area contributed by atoms with Crippen LogP contribution in [-0.4, -0.2) is 32.9 Å². The number of likely N-dealkylation sites (N-methyl/N-ethyl adjacent to an activating group) is 1. The molecule has 0 saturated heterocycles. The highest BCUT2D eigenvalue weighted by atomic mass is 32.2. The molecule has 0 aromatic heterocycles. The predicted molar refractivity (Wildman–Crippen MR) is 104 cm³/mol. The molecule has 0 N–H and O–H groups in total. The van der Waals surface area contributed by atoms with Crippen LogP contribution in [0.5, 0.6) is 5.75 Å². The maximum absolute atomic E-state index is 13.3. The van der Waals surface area contributed by atoms with Crippen molar-refractivity contribution in [3.63, 3.8) is 0 Å². The van der Waals surface area contributed by atoms with Crippen LogP contribution in [-0.2, 0) is 29.3 Å². The fourth-order valence-electron chi connectivity index (χ4n) is 3.71. The van der Waals surface area contributed by atoms with Crippen molar-refractivity contribution in [2.24, 2.45) is 0 Å². The van der Waals surface area contributed by atoms with Crippen molar-refractivity contribution in [1.29, 1.82) is 0 Å². The van der Waals surface area contributed by atoms with Crippen LogP contribution in [0, 0.1) is 0 Å². The zero-order chi connectivity index (χ0) is 18.7. The second-order valence-electron chi connectivity index (χ2n) is 6.99. The lowest BCUT2D eigenvalue weighted by Crippen LogP contribution is -2.37. The van der Waals surface area contributed by atoms with Crippen molar-refractivity contribution in [2.75, 3.05) is 14.2 Å². The number of nitrogens with zero attached hydrogens (tertiary/aromatic N) is 1. The molecule has 0 radical (unpaired) electrons. The molecule has 0 aliphatic heterocycles. The quantitative estimate of drug-likeness (QED) is 0.773. The third-order valence-corrected chi connectivity index (χ3v) is 7.38. The fourth-order valence-corrected chi connectivity index (χ4v) is 5.35. The van der Waals surface area contributed by atoms with Gasteiger partial charge in [-0.2, -0.15) is 4.31 Å². The molecule has 1 aliphatic carbocycles. The van der Waals surface area contributed by atoms with Gasteiger partial charge >= 0.3 is 0 Å². The van der Waals surface area contributed by atoms with Gasteiger partial charge in [0.2, 0.25) is 10.0 Å². The Kier molecular flexibility index (Phi) is 5.68. The average molecular weight is 374 g/mol. The van der Waals surface area contributed by atoms with E-state index in [0.29, 0.717) is 11.3 Å². The van der Waals surface area contributed by atoms with Gasteiger partial charge in [-0.05, 0) is 67.9 Å². The van der Waals surface area contributed by atoms with Crippen LogP contribution in [0.25, 0.3) is 0 Å². The molecule has 2 aromatic rings. The van der Waals surface area contributed by atoms with Gasteiger partial charge in [0.1, 0.15) is 5.75 Å². The number of ether oxygens (including phenoxy) is 1. The zero-order valence-electron chi connectivity index (χ0n) is 15.7. The predicted octanol–water partition coefficient (Wildman–Crippen LogP) is 3.83. The summed E-state index contributed by atoms with van der Waals surface area (Å²) in [7, 11) is -0.219. The van der Waals surface area contributed by atoms with Crippen molar-refractivity contribution in [3.8, 4) is 5.75 Å². The largest absolute Gasteiger partial charge is 0.496 e. The second-order valence-corrected chi connectivity index (χ2v) is 8.96. The minimum Gasteiger partial charge on any atom is -0.496 e. The molecule has 0 amide bonds. The molecule has 26 heavy (non-hydrogen) atoms. The number of rotatable bonds is 6. The van der Waals surface area contributed by atoms with E-state index in [4.69, 9.17) is 4.74 Å². The van der Waals surface area contributed by atoms with Gasteiger partial charge < -0.3 is 4.74 Å². The molecule has 0 fully saturated rings. The summed E-state index contributed by atoms with van der Waals surface area (Å²) in [4.78, 5) is 0.440. The molecule has 0 bridgehead atoms. The summed E-state index contributed by atoms with van der Waals surface area (Å²) in [5.41, 5.74) is 3.14. The standard InChI is InChI=1S/C21H27NO3S/c1-16(15-17-9-5-4-6-10-17)22(2)26(23,24)21-14-13-20(25-3)18-11-7-8-12-19(18)21/h4-6,9-10,13-14,16H,7-8,11-12,15H2,1-3H3/t16-/m1/s1. The molecule has 2 aromatic carbocycles. The van der Waals surface area contributed by atoms with Crippen LogP contribution in [0.3, 0.4) is 0 Å². The van der Waals surface area contributed by atoms with E-state index in [0.717, 1.165) is 48.1 Å². The Morgan fingerprint density at radius 1 is 1.04 bits per heavy atom. The number of sulfonamides is 1. The number of methoxy groups -OCH3 is 1. The van der Waals surface area contributed by atoms with Crippen molar-refractivity contribution in [2.45, 2.75) is 50.0 Å². The second kappa shape index (κ2) is 7.80. The first kappa shape index (κ1) is 18.9. The molecule has 0 unspecified atom stereocenters. The maximum atomic E-state index is 13.3. The van der Waals surface area contributed by atoms with Gasteiger partial charge in [-0.15, -0.1) is 0 Å². The highest BCUT2D eigenvalue weighted by Crippen LogP contribution is 2.35. The molecule has 140 valence electrons. The smallest absolute Gasteiger partial charge is 0.243 e. The number of hydrogen-bond acceptors (Lipinski definition) is 3. The Labute approximate surface area is 156 Å². The monoisotopic (exact) mass is 373 g/mol. The lowest BCUT2D eigenvalue weighted by molar-refractivity contribution is 0.385. The molecule has 1 aliphatic rings. The Hall–Kier alpha value is -1.85. The van der Waals surface area contributed by atoms with E-state index >= 15 is 0 Å². The third kappa shape index (κ3) is 3.64. The minimum absolute atomic E-state index is 0.122. The SMILES string of the molecule is COc1ccc(S(=O)(=O)N(C)[C@H](C)Cc2ccccc2)c2c1CCCC2. The Morgan fingerprint density at radius 2 is 1.69 bits per heavy atom. The summed E-state index contributed by atoms with van der Waals surface area (Å²) in [5, 5.41) is 0. The van der Waals surface area contributed by atoms with Crippen molar-refractivity contribution in [1.82, 2.24) is 4.31 Å². The van der Waals surface area contributed by atoms with Gasteiger partial charge in [0.05, 0.1) is 12.0 Å². The molecule has 1 atom stereocenters. The summed E-state index contributed by atoms with van der Waals surface area (Å²) < 4.78 is 33.6. The van der Waals surface area contributed by atoms with Crippen LogP contribution in [0.1, 0.15) is 36.5 Å². The molecular formula is C21H27NO3S. The van der Waals surface area contributed by atoms with E-state index < -0.39 is 10.0 Å². The zero-order valence-corrected chi connectivity index (χ0v) is 16.6. The van der Waals surface area contributed by atoms with Crippen LogP contribution < -0.4 is 4.74 Å². The first-order chi connectivity index (χ1) is 12.4. The van der Waals surface area contributed by atoms with E-state index in [2.05, 4.69) is 0 Å². The van der Waals surface area contributed by atoms with E-state index in [-0.39, 0.29) is 6.04 Å². The van der Waals surface area contributed by atoms with Crippen LogP contribution in [0.2, 0.25) is 0 Å². The first-order valence-electron chi connectivity index (χ1n) is 9.16. The van der Waals surface area contributed by atoms with Crippen molar-refractivity contribution in [3.05, 3.63) is 59.2 Å². The lowest BCUT2D eigenvalue weighted by atomic mass is 9.91. The van der Waals surface area contributed by atoms with Gasteiger partial charge in [0.15, 0.2) is 0 Å². The molecule has 3 rings (SSSR count). The summed E-state index contributed by atoms with van der Waals surface area (Å²) in [5.74, 6) is 0.804. The van der Waals surface area contributed by atoms with Crippen molar-refractivity contribution < 1.29 is 13.2 Å². The maximum Gasteiger partial charge on any atom is 0.243 e. The summed E-state index contributed by atoms with van der Waals surface area (Å²) in [6.07, 6.45) is 4.46. The Morgan fingerprint density at radius 3 is 2.35 bits per heavy atom. The number of hydrogen-bond donors (Lipinski definition) is 0. The van der Waals surface area contributed by atoms with E-state index in [9.17, 15) is 8.42 Å². The van der Waals surface area contributed by atoms with Gasteiger partial charge in [0, 0.05) is 13.1 Å². The average Bonchev–Trinajstić information content (AvgIpc) is 2.67. The van der Waals surface area contributed by atoms with E-state index in [1.54, 1.807) is 26.3 Å². The highest BCUT2D eigenvalue weighted by molar-refractivity contribution is 7.89. The summed E-state index contributed by atoms with van der Waals surface area (Å²) in [6.45, 7) is 1.96. The van der Waals surface area contributed by atoms with Crippen molar-refractivity contribution >= 4 is 10.0 Å². The van der Waals surface area contributed by atoms with Gasteiger partial charge in [-0.3, -0.25) is 0 Å².